The summed E-state index contributed by atoms with van der Waals surface area (Å²) in [6, 6.07) is 10.5. The molecule has 4 nitrogen and oxygen atoms in total. The van der Waals surface area contributed by atoms with Gasteiger partial charge in [0.2, 0.25) is 0 Å². The van der Waals surface area contributed by atoms with Crippen LogP contribution in [-0.2, 0) is 11.3 Å². The number of rotatable bonds is 4. The number of amides is 1. The third-order valence-electron chi connectivity index (χ3n) is 3.67. The molecule has 0 aliphatic heterocycles. The molecule has 104 valence electrons. The van der Waals surface area contributed by atoms with Crippen molar-refractivity contribution in [2.45, 2.75) is 38.0 Å². The predicted octanol–water partition coefficient (Wildman–Crippen LogP) is 2.40. The van der Waals surface area contributed by atoms with Crippen molar-refractivity contribution in [3.05, 3.63) is 35.9 Å². The van der Waals surface area contributed by atoms with Gasteiger partial charge in [0.15, 0.2) is 0 Å². The second kappa shape index (κ2) is 6.57. The molecular weight excluding hydrogens is 240 g/mol. The molecule has 19 heavy (non-hydrogen) atoms. The summed E-state index contributed by atoms with van der Waals surface area (Å²) in [4.78, 5) is 13.9. The summed E-state index contributed by atoms with van der Waals surface area (Å²) in [5.41, 5.74) is 1.01. The van der Waals surface area contributed by atoms with E-state index in [1.165, 1.54) is 0 Å². The van der Waals surface area contributed by atoms with E-state index >= 15 is 0 Å². The van der Waals surface area contributed by atoms with Crippen molar-refractivity contribution >= 4 is 6.09 Å². The molecule has 1 N–H and O–H groups in total. The van der Waals surface area contributed by atoms with Gasteiger partial charge in [0.25, 0.3) is 0 Å². The highest BCUT2D eigenvalue weighted by Gasteiger charge is 2.27. The SMILES string of the molecule is CN(C)C1CCC(NC(=O)OCc2ccccc2)C1. The van der Waals surface area contributed by atoms with E-state index in [0.717, 1.165) is 24.8 Å². The van der Waals surface area contributed by atoms with E-state index in [1.807, 2.05) is 30.3 Å². The molecule has 1 aromatic carbocycles. The van der Waals surface area contributed by atoms with Crippen LogP contribution in [-0.4, -0.2) is 37.2 Å². The molecule has 0 heterocycles. The minimum absolute atomic E-state index is 0.246. The Balaban J connectivity index is 1.71. The third kappa shape index (κ3) is 4.24. The standard InChI is InChI=1S/C15H22N2O2/c1-17(2)14-9-8-13(10-14)16-15(18)19-11-12-6-4-3-5-7-12/h3-7,13-14H,8-11H2,1-2H3,(H,16,18). The van der Waals surface area contributed by atoms with Gasteiger partial charge in [0.1, 0.15) is 6.61 Å². The van der Waals surface area contributed by atoms with Gasteiger partial charge in [0.05, 0.1) is 0 Å². The monoisotopic (exact) mass is 262 g/mol. The van der Waals surface area contributed by atoms with Crippen LogP contribution in [0.1, 0.15) is 24.8 Å². The molecule has 0 radical (unpaired) electrons. The smallest absolute Gasteiger partial charge is 0.407 e. The van der Waals surface area contributed by atoms with Crippen LogP contribution in [0.2, 0.25) is 0 Å². The molecule has 0 saturated heterocycles. The van der Waals surface area contributed by atoms with Gasteiger partial charge in [-0.25, -0.2) is 4.79 Å². The topological polar surface area (TPSA) is 41.6 Å². The first-order chi connectivity index (χ1) is 9.15. The van der Waals surface area contributed by atoms with Gasteiger partial charge in [-0.2, -0.15) is 0 Å². The lowest BCUT2D eigenvalue weighted by Gasteiger charge is -2.19. The summed E-state index contributed by atoms with van der Waals surface area (Å²) in [6.45, 7) is 0.330. The molecule has 1 saturated carbocycles. The molecule has 0 aromatic heterocycles. The molecule has 0 bridgehead atoms. The Bertz CT molecular complexity index is 406. The molecule has 1 amide bonds. The fraction of sp³-hybridized carbons (Fsp3) is 0.533. The lowest BCUT2D eigenvalue weighted by molar-refractivity contribution is 0.135. The van der Waals surface area contributed by atoms with Crippen LogP contribution in [0.25, 0.3) is 0 Å². The van der Waals surface area contributed by atoms with Crippen LogP contribution in [0.4, 0.5) is 4.79 Å². The zero-order chi connectivity index (χ0) is 13.7. The molecule has 4 heteroatoms. The Labute approximate surface area is 114 Å². The number of hydrogen-bond acceptors (Lipinski definition) is 3. The molecule has 2 rings (SSSR count). The van der Waals surface area contributed by atoms with Gasteiger partial charge in [-0.3, -0.25) is 0 Å². The van der Waals surface area contributed by atoms with E-state index in [0.29, 0.717) is 12.6 Å². The second-order valence-corrected chi connectivity index (χ2v) is 5.33. The average Bonchev–Trinajstić information content (AvgIpc) is 2.86. The molecule has 1 aliphatic carbocycles. The molecular formula is C15H22N2O2. The Hall–Kier alpha value is -1.55. The zero-order valence-corrected chi connectivity index (χ0v) is 11.6. The molecule has 1 aromatic rings. The Morgan fingerprint density at radius 1 is 1.32 bits per heavy atom. The van der Waals surface area contributed by atoms with Crippen LogP contribution < -0.4 is 5.32 Å². The molecule has 1 fully saturated rings. The summed E-state index contributed by atoms with van der Waals surface area (Å²) in [5.74, 6) is 0. The van der Waals surface area contributed by atoms with E-state index < -0.39 is 0 Å². The maximum absolute atomic E-state index is 11.7. The Morgan fingerprint density at radius 2 is 2.05 bits per heavy atom. The van der Waals surface area contributed by atoms with Crippen LogP contribution in [0.5, 0.6) is 0 Å². The highest BCUT2D eigenvalue weighted by atomic mass is 16.5. The number of hydrogen-bond donors (Lipinski definition) is 1. The number of alkyl carbamates (subject to hydrolysis) is 1. The van der Waals surface area contributed by atoms with Gasteiger partial charge >= 0.3 is 6.09 Å². The Morgan fingerprint density at radius 3 is 2.68 bits per heavy atom. The molecule has 1 aliphatic rings. The van der Waals surface area contributed by atoms with Crippen LogP contribution in [0, 0.1) is 0 Å². The van der Waals surface area contributed by atoms with Crippen molar-refractivity contribution in [3.8, 4) is 0 Å². The van der Waals surface area contributed by atoms with Crippen LogP contribution >= 0.6 is 0 Å². The fourth-order valence-corrected chi connectivity index (χ4v) is 2.49. The third-order valence-corrected chi connectivity index (χ3v) is 3.67. The van der Waals surface area contributed by atoms with Crippen LogP contribution in [0.15, 0.2) is 30.3 Å². The second-order valence-electron chi connectivity index (χ2n) is 5.33. The molecule has 0 spiro atoms. The maximum atomic E-state index is 11.7. The summed E-state index contributed by atoms with van der Waals surface area (Å²) >= 11 is 0. The first-order valence-electron chi connectivity index (χ1n) is 6.79. The minimum atomic E-state index is -0.312. The van der Waals surface area contributed by atoms with E-state index in [2.05, 4.69) is 24.3 Å². The van der Waals surface area contributed by atoms with Crippen molar-refractivity contribution in [2.75, 3.05) is 14.1 Å². The van der Waals surface area contributed by atoms with Crippen molar-refractivity contribution in [1.29, 1.82) is 0 Å². The van der Waals surface area contributed by atoms with Crippen molar-refractivity contribution < 1.29 is 9.53 Å². The number of benzene rings is 1. The average molecular weight is 262 g/mol. The summed E-state index contributed by atoms with van der Waals surface area (Å²) in [6.07, 6.45) is 2.86. The summed E-state index contributed by atoms with van der Waals surface area (Å²) in [5, 5.41) is 2.95. The normalized spacial score (nSPS) is 22.5. The largest absolute Gasteiger partial charge is 0.445 e. The zero-order valence-electron chi connectivity index (χ0n) is 11.6. The van der Waals surface area contributed by atoms with E-state index in [4.69, 9.17) is 4.74 Å². The maximum Gasteiger partial charge on any atom is 0.407 e. The number of ether oxygens (including phenoxy) is 1. The first kappa shape index (κ1) is 13.9. The molecule has 2 atom stereocenters. The molecule has 2 unspecified atom stereocenters. The number of carbonyl (C=O) groups is 1. The van der Waals surface area contributed by atoms with E-state index in [-0.39, 0.29) is 12.1 Å². The predicted molar refractivity (Wildman–Crippen MR) is 74.9 cm³/mol. The van der Waals surface area contributed by atoms with Crippen LogP contribution in [0.3, 0.4) is 0 Å². The highest BCUT2D eigenvalue weighted by molar-refractivity contribution is 5.67. The lowest BCUT2D eigenvalue weighted by Crippen LogP contribution is -2.35. The lowest BCUT2D eigenvalue weighted by atomic mass is 10.2. The van der Waals surface area contributed by atoms with E-state index in [1.54, 1.807) is 0 Å². The summed E-state index contributed by atoms with van der Waals surface area (Å²) < 4.78 is 5.22. The van der Waals surface area contributed by atoms with Crippen molar-refractivity contribution in [2.24, 2.45) is 0 Å². The van der Waals surface area contributed by atoms with Gasteiger partial charge in [-0.15, -0.1) is 0 Å². The van der Waals surface area contributed by atoms with Gasteiger partial charge < -0.3 is 15.0 Å². The fourth-order valence-electron chi connectivity index (χ4n) is 2.49. The summed E-state index contributed by atoms with van der Waals surface area (Å²) in [7, 11) is 4.17. The van der Waals surface area contributed by atoms with Gasteiger partial charge in [-0.1, -0.05) is 30.3 Å². The van der Waals surface area contributed by atoms with Gasteiger partial charge in [-0.05, 0) is 38.9 Å². The number of nitrogens with one attached hydrogen (secondary N) is 1. The highest BCUT2D eigenvalue weighted by Crippen LogP contribution is 2.22. The quantitative estimate of drug-likeness (QED) is 0.906. The van der Waals surface area contributed by atoms with E-state index in [9.17, 15) is 4.79 Å². The van der Waals surface area contributed by atoms with Crippen molar-refractivity contribution in [1.82, 2.24) is 10.2 Å². The Kier molecular flexibility index (Phi) is 4.80. The van der Waals surface area contributed by atoms with Crippen molar-refractivity contribution in [3.63, 3.8) is 0 Å². The first-order valence-corrected chi connectivity index (χ1v) is 6.79. The number of nitrogens with zero attached hydrogens (tertiary/aromatic N) is 1. The minimum Gasteiger partial charge on any atom is -0.445 e. The van der Waals surface area contributed by atoms with Gasteiger partial charge in [0, 0.05) is 12.1 Å². The number of carbonyl (C=O) groups excluding carboxylic acids is 1.